The van der Waals surface area contributed by atoms with Crippen molar-refractivity contribution < 1.29 is 18.7 Å². The Morgan fingerprint density at radius 3 is 2.77 bits per heavy atom. The zero-order chi connectivity index (χ0) is 9.42. The number of hydrogen-bond donors (Lipinski definition) is 1. The van der Waals surface area contributed by atoms with E-state index < -0.39 is 17.5 Å². The predicted octanol–water partition coefficient (Wildman–Crippen LogP) is 2.27. The van der Waals surface area contributed by atoms with Gasteiger partial charge in [0.05, 0.1) is 0 Å². The second kappa shape index (κ2) is 2.58. The second-order valence-corrected chi connectivity index (χ2v) is 2.55. The molecule has 0 saturated heterocycles. The van der Waals surface area contributed by atoms with Gasteiger partial charge in [0.25, 0.3) is 6.01 Å². The SMILES string of the molecule is O=C(O)c1c(F)oc2ccccc12. The number of benzene rings is 1. The van der Waals surface area contributed by atoms with Crippen LogP contribution in [0.3, 0.4) is 0 Å². The van der Waals surface area contributed by atoms with Crippen LogP contribution in [0.4, 0.5) is 4.39 Å². The van der Waals surface area contributed by atoms with Gasteiger partial charge < -0.3 is 9.52 Å². The molecule has 1 N–H and O–H groups in total. The van der Waals surface area contributed by atoms with Crippen molar-refractivity contribution in [1.29, 1.82) is 0 Å². The van der Waals surface area contributed by atoms with Gasteiger partial charge in [-0.1, -0.05) is 18.2 Å². The van der Waals surface area contributed by atoms with Crippen molar-refractivity contribution in [2.75, 3.05) is 0 Å². The summed E-state index contributed by atoms with van der Waals surface area (Å²) in [6, 6.07) is 5.25. The molecule has 1 heterocycles. The molecule has 0 fully saturated rings. The summed E-state index contributed by atoms with van der Waals surface area (Å²) in [4.78, 5) is 10.6. The van der Waals surface area contributed by atoms with Crippen LogP contribution in [-0.4, -0.2) is 11.1 Å². The lowest BCUT2D eigenvalue weighted by Crippen LogP contribution is -1.96. The Morgan fingerprint density at radius 1 is 1.38 bits per heavy atom. The topological polar surface area (TPSA) is 50.4 Å². The van der Waals surface area contributed by atoms with Crippen LogP contribution < -0.4 is 0 Å². The molecule has 0 saturated carbocycles. The summed E-state index contributed by atoms with van der Waals surface area (Å²) in [7, 11) is 0. The number of furan rings is 1. The number of fused-ring (bicyclic) bond motifs is 1. The molecule has 0 radical (unpaired) electrons. The van der Waals surface area contributed by atoms with Gasteiger partial charge in [-0.15, -0.1) is 0 Å². The maximum atomic E-state index is 12.9. The third-order valence-corrected chi connectivity index (χ3v) is 1.77. The molecular formula is C9H5FO3. The summed E-state index contributed by atoms with van der Waals surface area (Å²) in [5, 5.41) is 8.94. The summed E-state index contributed by atoms with van der Waals surface area (Å²) in [6.45, 7) is 0. The summed E-state index contributed by atoms with van der Waals surface area (Å²) in [5.41, 5.74) is -0.159. The van der Waals surface area contributed by atoms with Gasteiger partial charge in [0.1, 0.15) is 11.1 Å². The Morgan fingerprint density at radius 2 is 2.08 bits per heavy atom. The lowest BCUT2D eigenvalue weighted by Gasteiger charge is -1.87. The number of rotatable bonds is 1. The third kappa shape index (κ3) is 1.07. The first-order valence-electron chi connectivity index (χ1n) is 3.60. The minimum absolute atomic E-state index is 0.248. The van der Waals surface area contributed by atoms with Crippen molar-refractivity contribution in [1.82, 2.24) is 0 Å². The van der Waals surface area contributed by atoms with E-state index in [-0.39, 0.29) is 11.0 Å². The highest BCUT2D eigenvalue weighted by Crippen LogP contribution is 2.24. The monoisotopic (exact) mass is 180 g/mol. The number of carboxylic acids is 1. The molecule has 0 unspecified atom stereocenters. The second-order valence-electron chi connectivity index (χ2n) is 2.55. The fourth-order valence-electron chi connectivity index (χ4n) is 1.21. The molecule has 0 amide bonds. The van der Waals surface area contributed by atoms with Crippen LogP contribution in [0.2, 0.25) is 0 Å². The quantitative estimate of drug-likeness (QED) is 0.732. The average Bonchev–Trinajstić information content (AvgIpc) is 2.39. The van der Waals surface area contributed by atoms with Gasteiger partial charge in [0.15, 0.2) is 0 Å². The maximum Gasteiger partial charge on any atom is 0.342 e. The van der Waals surface area contributed by atoms with Gasteiger partial charge in [-0.3, -0.25) is 0 Å². The summed E-state index contributed by atoms with van der Waals surface area (Å²) >= 11 is 0. The fourth-order valence-corrected chi connectivity index (χ4v) is 1.21. The Hall–Kier alpha value is -1.84. The molecule has 13 heavy (non-hydrogen) atoms. The van der Waals surface area contributed by atoms with Gasteiger partial charge in [-0.2, -0.15) is 4.39 Å². The molecule has 0 aliphatic rings. The first kappa shape index (κ1) is 7.79. The van der Waals surface area contributed by atoms with E-state index in [0.29, 0.717) is 0 Å². The van der Waals surface area contributed by atoms with E-state index in [9.17, 15) is 9.18 Å². The molecule has 1 aromatic carbocycles. The summed E-state index contributed by atoms with van der Waals surface area (Å²) in [6.07, 6.45) is 0. The molecule has 3 nitrogen and oxygen atoms in total. The minimum Gasteiger partial charge on any atom is -0.477 e. The number of hydrogen-bond acceptors (Lipinski definition) is 2. The number of carboxylic acid groups (broad SMARTS) is 1. The van der Waals surface area contributed by atoms with Gasteiger partial charge in [-0.05, 0) is 6.07 Å². The molecule has 4 heteroatoms. The van der Waals surface area contributed by atoms with Crippen LogP contribution in [0.25, 0.3) is 11.0 Å². The number of para-hydroxylation sites is 1. The van der Waals surface area contributed by atoms with Crippen LogP contribution in [0.15, 0.2) is 28.7 Å². The Kier molecular flexibility index (Phi) is 1.55. The standard InChI is InChI=1S/C9H5FO3/c10-8-7(9(11)12)5-3-1-2-4-6(5)13-8/h1-4H,(H,11,12). The van der Waals surface area contributed by atoms with E-state index in [1.165, 1.54) is 12.1 Å². The van der Waals surface area contributed by atoms with Crippen molar-refractivity contribution in [3.8, 4) is 0 Å². The number of aromatic carboxylic acids is 1. The Bertz CT molecular complexity index is 473. The fraction of sp³-hybridized carbons (Fsp3) is 0. The van der Waals surface area contributed by atoms with Crippen LogP contribution in [0, 0.1) is 6.01 Å². The van der Waals surface area contributed by atoms with Gasteiger partial charge in [0, 0.05) is 5.39 Å². The molecular weight excluding hydrogens is 175 g/mol. The summed E-state index contributed by atoms with van der Waals surface area (Å²) < 4.78 is 17.5. The van der Waals surface area contributed by atoms with Crippen LogP contribution in [0.5, 0.6) is 0 Å². The van der Waals surface area contributed by atoms with Gasteiger partial charge in [-0.25, -0.2) is 4.79 Å². The maximum absolute atomic E-state index is 12.9. The largest absolute Gasteiger partial charge is 0.477 e. The number of halogens is 1. The van der Waals surface area contributed by atoms with E-state index in [2.05, 4.69) is 4.42 Å². The highest BCUT2D eigenvalue weighted by atomic mass is 19.1. The van der Waals surface area contributed by atoms with E-state index >= 15 is 0 Å². The van der Waals surface area contributed by atoms with E-state index in [1.807, 2.05) is 0 Å². The zero-order valence-corrected chi connectivity index (χ0v) is 6.45. The van der Waals surface area contributed by atoms with E-state index in [1.54, 1.807) is 12.1 Å². The van der Waals surface area contributed by atoms with Crippen LogP contribution in [-0.2, 0) is 0 Å². The van der Waals surface area contributed by atoms with Crippen LogP contribution >= 0.6 is 0 Å². The molecule has 0 aliphatic heterocycles. The van der Waals surface area contributed by atoms with Crippen molar-refractivity contribution in [3.05, 3.63) is 35.8 Å². The zero-order valence-electron chi connectivity index (χ0n) is 6.45. The molecule has 0 aliphatic carbocycles. The van der Waals surface area contributed by atoms with E-state index in [4.69, 9.17) is 5.11 Å². The smallest absolute Gasteiger partial charge is 0.342 e. The summed E-state index contributed by atoms with van der Waals surface area (Å²) in [5.74, 6) is -1.32. The normalized spacial score (nSPS) is 10.5. The molecule has 0 atom stereocenters. The van der Waals surface area contributed by atoms with Gasteiger partial charge >= 0.3 is 5.97 Å². The Balaban J connectivity index is 2.86. The molecule has 0 spiro atoms. The average molecular weight is 180 g/mol. The van der Waals surface area contributed by atoms with Crippen molar-refractivity contribution in [2.45, 2.75) is 0 Å². The molecule has 2 aromatic rings. The molecule has 1 aromatic heterocycles. The van der Waals surface area contributed by atoms with Crippen molar-refractivity contribution >= 4 is 16.9 Å². The lowest BCUT2D eigenvalue weighted by molar-refractivity contribution is 0.0690. The van der Waals surface area contributed by atoms with Crippen molar-refractivity contribution in [2.24, 2.45) is 0 Å². The van der Waals surface area contributed by atoms with Crippen LogP contribution in [0.1, 0.15) is 10.4 Å². The first-order chi connectivity index (χ1) is 6.20. The Labute approximate surface area is 72.4 Å². The molecule has 0 bridgehead atoms. The highest BCUT2D eigenvalue weighted by molar-refractivity contribution is 6.02. The lowest BCUT2D eigenvalue weighted by atomic mass is 10.2. The predicted molar refractivity (Wildman–Crippen MR) is 43.1 cm³/mol. The van der Waals surface area contributed by atoms with Gasteiger partial charge in [0.2, 0.25) is 0 Å². The van der Waals surface area contributed by atoms with Crippen molar-refractivity contribution in [3.63, 3.8) is 0 Å². The minimum atomic E-state index is -1.32. The van der Waals surface area contributed by atoms with E-state index in [0.717, 1.165) is 0 Å². The highest BCUT2D eigenvalue weighted by Gasteiger charge is 2.19. The number of carbonyl (C=O) groups is 1. The molecule has 66 valence electrons. The molecule has 2 rings (SSSR count). The first-order valence-corrected chi connectivity index (χ1v) is 3.60. The third-order valence-electron chi connectivity index (χ3n) is 1.77.